The van der Waals surface area contributed by atoms with Crippen LogP contribution in [0.25, 0.3) is 50.0 Å². The molecule has 1 atom stereocenters. The van der Waals surface area contributed by atoms with Gasteiger partial charge in [0.2, 0.25) is 0 Å². The van der Waals surface area contributed by atoms with Crippen molar-refractivity contribution in [1.82, 2.24) is 14.5 Å². The summed E-state index contributed by atoms with van der Waals surface area (Å²) < 4.78 is 2.37. The molecular weight excluding hydrogens is 534 g/mol. The number of fused-ring (bicyclic) bond motifs is 6. The summed E-state index contributed by atoms with van der Waals surface area (Å²) in [7, 11) is 0. The van der Waals surface area contributed by atoms with Crippen LogP contribution in [-0.2, 0) is 5.41 Å². The number of benzene rings is 6. The lowest BCUT2D eigenvalue weighted by molar-refractivity contribution is 0.735. The molecule has 0 saturated carbocycles. The first-order valence-corrected chi connectivity index (χ1v) is 15.0. The summed E-state index contributed by atoms with van der Waals surface area (Å²) in [4.78, 5) is 10.2. The molecule has 0 amide bonds. The molecule has 9 rings (SSSR count). The smallest absolute Gasteiger partial charge is 0.159 e. The highest BCUT2D eigenvalue weighted by Gasteiger charge is 2.48. The van der Waals surface area contributed by atoms with Crippen molar-refractivity contribution >= 4 is 21.8 Å². The summed E-state index contributed by atoms with van der Waals surface area (Å²) in [5.41, 5.74) is 10.8. The molecule has 44 heavy (non-hydrogen) atoms. The third-order valence-corrected chi connectivity index (χ3v) is 9.14. The number of hydrogen-bond acceptors (Lipinski definition) is 2. The number of aromatic nitrogens is 3. The highest BCUT2D eigenvalue weighted by molar-refractivity contribution is 6.09. The maximum Gasteiger partial charge on any atom is 0.159 e. The standard InChI is InChI=1S/C41H27N3/c1-3-13-28(14-4-1)40-42-27-35-32-17-7-10-20-36(32)41(39(35)43-40,29-15-5-2-6-16-29)30-23-25-31(26-24-30)44-37-21-11-8-18-33(37)34-19-9-12-22-38(34)44/h1-27H. The average Bonchev–Trinajstić information content (AvgIpc) is 3.60. The molecule has 3 heteroatoms. The van der Waals surface area contributed by atoms with Crippen molar-refractivity contribution in [2.75, 3.05) is 0 Å². The summed E-state index contributed by atoms with van der Waals surface area (Å²) in [5.74, 6) is 0.736. The Morgan fingerprint density at radius 3 is 1.75 bits per heavy atom. The fraction of sp³-hybridized carbons (Fsp3) is 0.0244. The molecule has 0 spiro atoms. The Hall–Kier alpha value is -5.80. The van der Waals surface area contributed by atoms with E-state index < -0.39 is 5.41 Å². The van der Waals surface area contributed by atoms with E-state index in [2.05, 4.69) is 144 Å². The van der Waals surface area contributed by atoms with E-state index in [9.17, 15) is 0 Å². The van der Waals surface area contributed by atoms with Crippen LogP contribution in [0.5, 0.6) is 0 Å². The van der Waals surface area contributed by atoms with Crippen LogP contribution in [0, 0.1) is 0 Å². The number of para-hydroxylation sites is 2. The van der Waals surface area contributed by atoms with E-state index in [0.29, 0.717) is 0 Å². The molecule has 2 heterocycles. The zero-order valence-corrected chi connectivity index (χ0v) is 23.9. The van der Waals surface area contributed by atoms with Gasteiger partial charge in [0.25, 0.3) is 0 Å². The summed E-state index contributed by atoms with van der Waals surface area (Å²) in [6.07, 6.45) is 2.01. The summed E-state index contributed by atoms with van der Waals surface area (Å²) >= 11 is 0. The molecule has 0 bridgehead atoms. The van der Waals surface area contributed by atoms with Crippen LogP contribution < -0.4 is 0 Å². The van der Waals surface area contributed by atoms with E-state index in [1.165, 1.54) is 44.1 Å². The fourth-order valence-electron chi connectivity index (χ4n) is 7.26. The lowest BCUT2D eigenvalue weighted by atomic mass is 9.69. The normalized spacial score (nSPS) is 15.4. The number of rotatable bonds is 4. The zero-order valence-electron chi connectivity index (χ0n) is 23.9. The first-order valence-electron chi connectivity index (χ1n) is 15.0. The van der Waals surface area contributed by atoms with Crippen molar-refractivity contribution in [3.63, 3.8) is 0 Å². The number of nitrogens with zero attached hydrogens (tertiary/aromatic N) is 3. The third-order valence-electron chi connectivity index (χ3n) is 9.14. The summed E-state index contributed by atoms with van der Waals surface area (Å²) in [5, 5.41) is 2.52. The molecule has 0 N–H and O–H groups in total. The first-order chi connectivity index (χ1) is 21.8. The molecule has 0 radical (unpaired) electrons. The maximum atomic E-state index is 5.38. The Kier molecular flexibility index (Phi) is 5.41. The predicted octanol–water partition coefficient (Wildman–Crippen LogP) is 9.60. The largest absolute Gasteiger partial charge is 0.309 e. The monoisotopic (exact) mass is 561 g/mol. The van der Waals surface area contributed by atoms with E-state index in [0.717, 1.165) is 28.3 Å². The Morgan fingerprint density at radius 1 is 0.477 bits per heavy atom. The van der Waals surface area contributed by atoms with Gasteiger partial charge in [-0.25, -0.2) is 9.97 Å². The molecule has 2 aromatic heterocycles. The Labute approximate surface area is 255 Å². The van der Waals surface area contributed by atoms with Crippen LogP contribution in [0.2, 0.25) is 0 Å². The van der Waals surface area contributed by atoms with Gasteiger partial charge in [0.05, 0.1) is 22.1 Å². The summed E-state index contributed by atoms with van der Waals surface area (Å²) in [6.45, 7) is 0. The van der Waals surface area contributed by atoms with Crippen molar-refractivity contribution in [2.24, 2.45) is 0 Å². The van der Waals surface area contributed by atoms with E-state index in [4.69, 9.17) is 9.97 Å². The first kappa shape index (κ1) is 24.8. The molecular formula is C41H27N3. The fourth-order valence-corrected chi connectivity index (χ4v) is 7.26. The van der Waals surface area contributed by atoms with Crippen LogP contribution in [0.1, 0.15) is 22.4 Å². The van der Waals surface area contributed by atoms with Crippen LogP contribution in [-0.4, -0.2) is 14.5 Å². The summed E-state index contributed by atoms with van der Waals surface area (Å²) in [6, 6.07) is 56.2. The van der Waals surface area contributed by atoms with Crippen LogP contribution in [0.15, 0.2) is 164 Å². The molecule has 0 saturated heterocycles. The Bertz CT molecular complexity index is 2270. The maximum absolute atomic E-state index is 5.38. The van der Waals surface area contributed by atoms with Crippen molar-refractivity contribution < 1.29 is 0 Å². The van der Waals surface area contributed by atoms with Crippen molar-refractivity contribution in [3.8, 4) is 28.2 Å². The van der Waals surface area contributed by atoms with Gasteiger partial charge < -0.3 is 4.57 Å². The van der Waals surface area contributed by atoms with Gasteiger partial charge in [-0.1, -0.05) is 133 Å². The lowest BCUT2D eigenvalue weighted by Gasteiger charge is -2.33. The van der Waals surface area contributed by atoms with Gasteiger partial charge in [-0.05, 0) is 46.5 Å². The van der Waals surface area contributed by atoms with Gasteiger partial charge in [0.15, 0.2) is 5.82 Å². The highest BCUT2D eigenvalue weighted by Crippen LogP contribution is 2.55. The van der Waals surface area contributed by atoms with Crippen LogP contribution in [0.3, 0.4) is 0 Å². The van der Waals surface area contributed by atoms with Gasteiger partial charge in [0.1, 0.15) is 0 Å². The van der Waals surface area contributed by atoms with E-state index >= 15 is 0 Å². The minimum Gasteiger partial charge on any atom is -0.309 e. The quantitative estimate of drug-likeness (QED) is 0.214. The Balaban J connectivity index is 1.31. The van der Waals surface area contributed by atoms with Gasteiger partial charge in [-0.2, -0.15) is 0 Å². The third kappa shape index (κ3) is 3.44. The van der Waals surface area contributed by atoms with Crippen molar-refractivity contribution in [3.05, 3.63) is 186 Å². The Morgan fingerprint density at radius 2 is 1.05 bits per heavy atom. The molecule has 1 aliphatic carbocycles. The molecule has 8 aromatic rings. The molecule has 1 aliphatic rings. The van der Waals surface area contributed by atoms with E-state index in [-0.39, 0.29) is 0 Å². The van der Waals surface area contributed by atoms with Crippen molar-refractivity contribution in [1.29, 1.82) is 0 Å². The minimum atomic E-state index is -0.598. The van der Waals surface area contributed by atoms with E-state index in [1.54, 1.807) is 0 Å². The van der Waals surface area contributed by atoms with E-state index in [1.807, 2.05) is 24.4 Å². The molecule has 0 aliphatic heterocycles. The highest BCUT2D eigenvalue weighted by atomic mass is 15.0. The molecule has 3 nitrogen and oxygen atoms in total. The SMILES string of the molecule is c1ccc(-c2ncc3c(n2)C(c2ccccc2)(c2ccc(-n4c5ccccc5c5ccccc54)cc2)c2ccccc2-3)cc1. The van der Waals surface area contributed by atoms with Gasteiger partial charge >= 0.3 is 0 Å². The van der Waals surface area contributed by atoms with Gasteiger partial charge in [-0.15, -0.1) is 0 Å². The second kappa shape index (κ2) is 9.62. The minimum absolute atomic E-state index is 0.598. The van der Waals surface area contributed by atoms with Crippen molar-refractivity contribution in [2.45, 2.75) is 5.41 Å². The van der Waals surface area contributed by atoms with Crippen LogP contribution >= 0.6 is 0 Å². The van der Waals surface area contributed by atoms with Gasteiger partial charge in [-0.3, -0.25) is 0 Å². The number of hydrogen-bond donors (Lipinski definition) is 0. The second-order valence-corrected chi connectivity index (χ2v) is 11.4. The molecule has 206 valence electrons. The lowest BCUT2D eigenvalue weighted by Crippen LogP contribution is -2.29. The molecule has 0 fully saturated rings. The van der Waals surface area contributed by atoms with Gasteiger partial charge in [0, 0.05) is 33.8 Å². The van der Waals surface area contributed by atoms with Crippen LogP contribution in [0.4, 0.5) is 0 Å². The predicted molar refractivity (Wildman–Crippen MR) is 179 cm³/mol. The second-order valence-electron chi connectivity index (χ2n) is 11.4. The average molecular weight is 562 g/mol. The topological polar surface area (TPSA) is 30.7 Å². The molecule has 6 aromatic carbocycles. The zero-order chi connectivity index (χ0) is 29.1. The molecule has 1 unspecified atom stereocenters.